The van der Waals surface area contributed by atoms with Gasteiger partial charge in [-0.1, -0.05) is 0 Å². The average Bonchev–Trinajstić information content (AvgIpc) is 2.26. The number of hydrogen-bond donors (Lipinski definition) is 0. The van der Waals surface area contributed by atoms with E-state index in [4.69, 9.17) is 0 Å². The van der Waals surface area contributed by atoms with E-state index in [9.17, 15) is 22.8 Å². The number of halogens is 3. The molecule has 0 saturated carbocycles. The molecule has 0 aliphatic heterocycles. The van der Waals surface area contributed by atoms with Crippen LogP contribution in [0, 0.1) is 0 Å². The van der Waals surface area contributed by atoms with Gasteiger partial charge >= 0.3 is 12.3 Å². The number of ether oxygens (including phenoxy) is 1. The fraction of sp³-hybridized carbons (Fsp3) is 0.800. The summed E-state index contributed by atoms with van der Waals surface area (Å²) in [6.07, 6.45) is -5.74. The highest BCUT2D eigenvalue weighted by molar-refractivity contribution is 5.82. The Balaban J connectivity index is 4.19. The van der Waals surface area contributed by atoms with Gasteiger partial charge in [0.25, 0.3) is 0 Å². The highest BCUT2D eigenvalue weighted by atomic mass is 19.4. The summed E-state index contributed by atoms with van der Waals surface area (Å²) in [5, 5.41) is 0. The van der Waals surface area contributed by atoms with E-state index in [0.29, 0.717) is 13.1 Å². The number of carbonyl (C=O) groups excluding carboxylic acids is 2. The molecule has 0 bridgehead atoms. The lowest BCUT2D eigenvalue weighted by Gasteiger charge is -2.22. The SMILES string of the molecule is CCN(CC)C(=O)CN(C)C(=O)OCC(F)(F)F. The largest absolute Gasteiger partial charge is 0.440 e. The number of carbonyl (C=O) groups is 2. The topological polar surface area (TPSA) is 49.9 Å². The number of amides is 2. The van der Waals surface area contributed by atoms with Crippen molar-refractivity contribution >= 4 is 12.0 Å². The third-order valence-corrected chi connectivity index (χ3v) is 2.16. The first-order valence-corrected chi connectivity index (χ1v) is 5.43. The van der Waals surface area contributed by atoms with Crippen molar-refractivity contribution in [2.75, 3.05) is 33.3 Å². The predicted molar refractivity (Wildman–Crippen MR) is 58.0 cm³/mol. The first kappa shape index (κ1) is 16.5. The minimum atomic E-state index is -4.57. The second-order valence-electron chi connectivity index (χ2n) is 3.59. The number of nitrogens with zero attached hydrogens (tertiary/aromatic N) is 2. The first-order valence-electron chi connectivity index (χ1n) is 5.43. The molecule has 5 nitrogen and oxygen atoms in total. The molecule has 0 heterocycles. The van der Waals surface area contributed by atoms with Gasteiger partial charge in [-0.05, 0) is 13.8 Å². The highest BCUT2D eigenvalue weighted by Gasteiger charge is 2.30. The quantitative estimate of drug-likeness (QED) is 0.760. The summed E-state index contributed by atoms with van der Waals surface area (Å²) in [6, 6.07) is 0. The minimum Gasteiger partial charge on any atom is -0.440 e. The van der Waals surface area contributed by atoms with Gasteiger partial charge in [0.1, 0.15) is 6.54 Å². The Morgan fingerprint density at radius 1 is 1.17 bits per heavy atom. The third-order valence-electron chi connectivity index (χ3n) is 2.16. The molecule has 8 heteroatoms. The molecule has 106 valence electrons. The van der Waals surface area contributed by atoms with Gasteiger partial charge < -0.3 is 14.5 Å². The maximum Gasteiger partial charge on any atom is 0.422 e. The van der Waals surface area contributed by atoms with Gasteiger partial charge in [0.2, 0.25) is 5.91 Å². The van der Waals surface area contributed by atoms with Crippen LogP contribution in [0.2, 0.25) is 0 Å². The van der Waals surface area contributed by atoms with Crippen molar-refractivity contribution < 1.29 is 27.5 Å². The van der Waals surface area contributed by atoms with E-state index in [-0.39, 0.29) is 12.5 Å². The average molecular weight is 270 g/mol. The molecule has 0 fully saturated rings. The lowest BCUT2D eigenvalue weighted by atomic mass is 10.4. The lowest BCUT2D eigenvalue weighted by molar-refractivity contribution is -0.162. The van der Waals surface area contributed by atoms with Gasteiger partial charge in [-0.25, -0.2) is 4.79 Å². The zero-order valence-corrected chi connectivity index (χ0v) is 10.6. The molecule has 0 radical (unpaired) electrons. The third kappa shape index (κ3) is 6.31. The van der Waals surface area contributed by atoms with Crippen molar-refractivity contribution in [3.63, 3.8) is 0 Å². The van der Waals surface area contributed by atoms with Gasteiger partial charge in [-0.15, -0.1) is 0 Å². The van der Waals surface area contributed by atoms with E-state index in [1.54, 1.807) is 13.8 Å². The van der Waals surface area contributed by atoms with E-state index in [1.165, 1.54) is 11.9 Å². The Labute approximate surface area is 103 Å². The fourth-order valence-corrected chi connectivity index (χ4v) is 1.20. The van der Waals surface area contributed by atoms with Crippen LogP contribution < -0.4 is 0 Å². The molecule has 2 amide bonds. The van der Waals surface area contributed by atoms with Crippen molar-refractivity contribution in [2.45, 2.75) is 20.0 Å². The Kier molecular flexibility index (Phi) is 6.50. The van der Waals surface area contributed by atoms with Crippen LogP contribution >= 0.6 is 0 Å². The van der Waals surface area contributed by atoms with Crippen molar-refractivity contribution in [3.05, 3.63) is 0 Å². The van der Waals surface area contributed by atoms with Crippen LogP contribution in [-0.4, -0.2) is 61.3 Å². The second kappa shape index (κ2) is 7.07. The zero-order chi connectivity index (χ0) is 14.3. The normalized spacial score (nSPS) is 11.0. The summed E-state index contributed by atoms with van der Waals surface area (Å²) in [6.45, 7) is 2.52. The molecule has 0 atom stereocenters. The van der Waals surface area contributed by atoms with Gasteiger partial charge in [-0.2, -0.15) is 13.2 Å². The monoisotopic (exact) mass is 270 g/mol. The highest BCUT2D eigenvalue weighted by Crippen LogP contribution is 2.14. The summed E-state index contributed by atoms with van der Waals surface area (Å²) in [5.74, 6) is -0.341. The first-order chi connectivity index (χ1) is 8.21. The predicted octanol–water partition coefficient (Wildman–Crippen LogP) is 1.49. The van der Waals surface area contributed by atoms with Gasteiger partial charge in [0.15, 0.2) is 6.61 Å². The molecule has 0 aromatic carbocycles. The maximum absolute atomic E-state index is 11.8. The Morgan fingerprint density at radius 2 is 1.67 bits per heavy atom. The van der Waals surface area contributed by atoms with Gasteiger partial charge in [-0.3, -0.25) is 4.79 Å². The molecule has 0 spiro atoms. The Bertz CT molecular complexity index is 291. The summed E-state index contributed by atoms with van der Waals surface area (Å²) in [5.41, 5.74) is 0. The number of hydrogen-bond acceptors (Lipinski definition) is 3. The Hall–Kier alpha value is -1.47. The van der Waals surface area contributed by atoms with Crippen LogP contribution in [0.4, 0.5) is 18.0 Å². The molecule has 0 aliphatic rings. The van der Waals surface area contributed by atoms with Crippen molar-refractivity contribution in [1.29, 1.82) is 0 Å². The van der Waals surface area contributed by atoms with Crippen molar-refractivity contribution in [1.82, 2.24) is 9.80 Å². The van der Waals surface area contributed by atoms with Crippen LogP contribution in [0.25, 0.3) is 0 Å². The standard InChI is InChI=1S/C10H17F3N2O3/c1-4-15(5-2)8(16)6-14(3)9(17)18-7-10(11,12)13/h4-7H2,1-3H3. The van der Waals surface area contributed by atoms with Crippen LogP contribution in [0.15, 0.2) is 0 Å². The molecule has 18 heavy (non-hydrogen) atoms. The second-order valence-corrected chi connectivity index (χ2v) is 3.59. The molecular weight excluding hydrogens is 253 g/mol. The smallest absolute Gasteiger partial charge is 0.422 e. The van der Waals surface area contributed by atoms with Crippen LogP contribution in [0.5, 0.6) is 0 Å². The summed E-state index contributed by atoms with van der Waals surface area (Å²) >= 11 is 0. The molecule has 0 N–H and O–H groups in total. The molecular formula is C10H17F3N2O3. The van der Waals surface area contributed by atoms with Gasteiger partial charge in [0.05, 0.1) is 0 Å². The van der Waals surface area contributed by atoms with E-state index in [0.717, 1.165) is 4.90 Å². The van der Waals surface area contributed by atoms with E-state index in [2.05, 4.69) is 4.74 Å². The molecule has 0 unspecified atom stereocenters. The van der Waals surface area contributed by atoms with Crippen LogP contribution in [-0.2, 0) is 9.53 Å². The van der Waals surface area contributed by atoms with Crippen molar-refractivity contribution in [3.8, 4) is 0 Å². The summed E-state index contributed by atoms with van der Waals surface area (Å²) in [7, 11) is 1.21. The Morgan fingerprint density at radius 3 is 2.06 bits per heavy atom. The molecule has 0 aliphatic carbocycles. The number of alkyl halides is 3. The van der Waals surface area contributed by atoms with E-state index >= 15 is 0 Å². The number of likely N-dealkylation sites (N-methyl/N-ethyl adjacent to an activating group) is 2. The minimum absolute atomic E-state index is 0.307. The molecule has 0 rings (SSSR count). The van der Waals surface area contributed by atoms with Crippen LogP contribution in [0.3, 0.4) is 0 Å². The van der Waals surface area contributed by atoms with E-state index in [1.807, 2.05) is 0 Å². The lowest BCUT2D eigenvalue weighted by Crippen LogP contribution is -2.41. The van der Waals surface area contributed by atoms with Gasteiger partial charge in [0, 0.05) is 20.1 Å². The molecule has 0 aromatic rings. The molecule has 0 aromatic heterocycles. The van der Waals surface area contributed by atoms with Crippen molar-refractivity contribution in [2.24, 2.45) is 0 Å². The molecule has 0 saturated heterocycles. The zero-order valence-electron chi connectivity index (χ0n) is 10.6. The van der Waals surface area contributed by atoms with Crippen LogP contribution in [0.1, 0.15) is 13.8 Å². The van der Waals surface area contributed by atoms with E-state index < -0.39 is 18.9 Å². The summed E-state index contributed by atoms with van der Waals surface area (Å²) in [4.78, 5) is 25.0. The number of rotatable bonds is 5. The maximum atomic E-state index is 11.8. The fourth-order valence-electron chi connectivity index (χ4n) is 1.20. The summed E-state index contributed by atoms with van der Waals surface area (Å²) < 4.78 is 39.4.